The minimum Gasteiger partial charge on any atom is -0.365 e. The van der Waals surface area contributed by atoms with Crippen LogP contribution in [0.5, 0.6) is 0 Å². The van der Waals surface area contributed by atoms with Crippen molar-refractivity contribution in [3.8, 4) is 0 Å². The molecule has 2 aromatic rings. The van der Waals surface area contributed by atoms with E-state index in [1.54, 1.807) is 58.0 Å². The van der Waals surface area contributed by atoms with Crippen molar-refractivity contribution in [2.45, 2.75) is 50.6 Å². The highest BCUT2D eigenvalue weighted by Gasteiger charge is 2.43. The van der Waals surface area contributed by atoms with Gasteiger partial charge in [-0.25, -0.2) is 13.2 Å². The van der Waals surface area contributed by atoms with E-state index in [1.165, 1.54) is 6.07 Å². The zero-order valence-electron chi connectivity index (χ0n) is 21.4. The molecule has 2 saturated heterocycles. The third kappa shape index (κ3) is 5.08. The van der Waals surface area contributed by atoms with Gasteiger partial charge in [0, 0.05) is 36.8 Å². The fraction of sp³-hybridized carbons (Fsp3) is 0.400. The first-order chi connectivity index (χ1) is 18.3. The molecule has 2 unspecified atom stereocenters. The predicted octanol–water partition coefficient (Wildman–Crippen LogP) is 5.75. The van der Waals surface area contributed by atoms with Gasteiger partial charge in [-0.15, -0.1) is 0 Å². The molecule has 5 nitrogen and oxygen atoms in total. The highest BCUT2D eigenvalue weighted by Crippen LogP contribution is 2.37. The van der Waals surface area contributed by atoms with E-state index >= 15 is 0 Å². The zero-order chi connectivity index (χ0) is 26.9. The van der Waals surface area contributed by atoms with Crippen LogP contribution in [-0.4, -0.2) is 54.9 Å². The lowest BCUT2D eigenvalue weighted by molar-refractivity contribution is -0.108. The quantitative estimate of drug-likeness (QED) is 0.453. The summed E-state index contributed by atoms with van der Waals surface area (Å²) in [7, 11) is 0. The monoisotopic (exact) mass is 523 g/mol. The number of hydrogen-bond donors (Lipinski definition) is 0. The predicted molar refractivity (Wildman–Crippen MR) is 142 cm³/mol. The summed E-state index contributed by atoms with van der Waals surface area (Å²) in [5.41, 5.74) is 1.85. The van der Waals surface area contributed by atoms with Gasteiger partial charge in [-0.1, -0.05) is 42.5 Å². The van der Waals surface area contributed by atoms with Crippen LogP contribution in [0.15, 0.2) is 66.8 Å². The lowest BCUT2D eigenvalue weighted by atomic mass is 9.81. The van der Waals surface area contributed by atoms with Crippen molar-refractivity contribution in [2.24, 2.45) is 5.92 Å². The van der Waals surface area contributed by atoms with Gasteiger partial charge >= 0.3 is 0 Å². The van der Waals surface area contributed by atoms with Gasteiger partial charge in [0.1, 0.15) is 5.82 Å². The standard InChI is InChI=1S/C30H32F3N3O2/c1-21-8-5-13-25(31)27(21)29(38)35-16-7-14-26(28(35)22-9-3-2-4-10-22)36(20-37)24-12-6-11-23(18-24)34-17-15-30(32,33)19-34/h2-6,8-9,11-13,18,20,22,26,28H,7,10,14-17,19H2,1H3/t22?,26?,28-/m0/s1. The molecule has 2 fully saturated rings. The van der Waals surface area contributed by atoms with Crippen molar-refractivity contribution in [2.75, 3.05) is 29.4 Å². The van der Waals surface area contributed by atoms with Gasteiger partial charge in [-0.05, 0) is 56.0 Å². The van der Waals surface area contributed by atoms with Crippen molar-refractivity contribution in [1.82, 2.24) is 4.90 Å². The summed E-state index contributed by atoms with van der Waals surface area (Å²) in [5.74, 6) is -3.74. The molecule has 2 amide bonds. The van der Waals surface area contributed by atoms with Crippen molar-refractivity contribution >= 4 is 23.7 Å². The second kappa shape index (κ2) is 10.7. The second-order valence-corrected chi connectivity index (χ2v) is 10.4. The number of piperidine rings is 1. The topological polar surface area (TPSA) is 43.9 Å². The van der Waals surface area contributed by atoms with Crippen LogP contribution in [0.1, 0.15) is 41.6 Å². The minimum absolute atomic E-state index is 0.0584. The molecule has 3 atom stereocenters. The minimum atomic E-state index is -2.73. The molecule has 2 aromatic carbocycles. The van der Waals surface area contributed by atoms with Crippen LogP contribution < -0.4 is 9.80 Å². The number of carbonyl (C=O) groups excluding carboxylic acids is 2. The van der Waals surface area contributed by atoms with Crippen molar-refractivity contribution in [3.63, 3.8) is 0 Å². The molecule has 0 N–H and O–H groups in total. The number of halogens is 3. The molecule has 38 heavy (non-hydrogen) atoms. The third-order valence-corrected chi connectivity index (χ3v) is 7.94. The largest absolute Gasteiger partial charge is 0.365 e. The number of allylic oxidation sites excluding steroid dienone is 3. The molecule has 5 rings (SSSR count). The summed E-state index contributed by atoms with van der Waals surface area (Å²) in [5, 5.41) is 0. The van der Waals surface area contributed by atoms with Crippen molar-refractivity contribution in [3.05, 3.63) is 83.7 Å². The summed E-state index contributed by atoms with van der Waals surface area (Å²) in [6, 6.07) is 11.0. The Bertz CT molecular complexity index is 1240. The fourth-order valence-corrected chi connectivity index (χ4v) is 6.09. The molecule has 1 aliphatic carbocycles. The molecule has 8 heteroatoms. The molecular weight excluding hydrogens is 491 g/mol. The summed E-state index contributed by atoms with van der Waals surface area (Å²) in [6.45, 7) is 2.07. The summed E-state index contributed by atoms with van der Waals surface area (Å²) < 4.78 is 42.6. The Morgan fingerprint density at radius 3 is 2.63 bits per heavy atom. The highest BCUT2D eigenvalue weighted by molar-refractivity contribution is 5.96. The molecule has 3 aliphatic rings. The SMILES string of the molecule is Cc1cccc(F)c1C(=O)N1CCCC(N(C=O)c2cccc(N3CCC(F)(F)C3)c2)[C@@H]1C1C=CC=CC1. The maximum Gasteiger partial charge on any atom is 0.266 e. The second-order valence-electron chi connectivity index (χ2n) is 10.4. The number of aryl methyl sites for hydroxylation is 1. The van der Waals surface area contributed by atoms with Gasteiger partial charge in [-0.3, -0.25) is 9.59 Å². The van der Waals surface area contributed by atoms with E-state index in [0.717, 1.165) is 6.41 Å². The Morgan fingerprint density at radius 2 is 1.95 bits per heavy atom. The van der Waals surface area contributed by atoms with Crippen molar-refractivity contribution < 1.29 is 22.8 Å². The highest BCUT2D eigenvalue weighted by atomic mass is 19.3. The van der Waals surface area contributed by atoms with E-state index in [-0.39, 0.29) is 49.0 Å². The molecular formula is C30H32F3N3O2. The van der Waals surface area contributed by atoms with E-state index in [1.807, 2.05) is 24.3 Å². The first-order valence-corrected chi connectivity index (χ1v) is 13.1. The van der Waals surface area contributed by atoms with Crippen LogP contribution in [0.4, 0.5) is 24.5 Å². The summed E-state index contributed by atoms with van der Waals surface area (Å²) >= 11 is 0. The van der Waals surface area contributed by atoms with E-state index < -0.39 is 11.7 Å². The first-order valence-electron chi connectivity index (χ1n) is 13.1. The molecule has 200 valence electrons. The third-order valence-electron chi connectivity index (χ3n) is 7.94. The Kier molecular flexibility index (Phi) is 7.32. The van der Waals surface area contributed by atoms with Gasteiger partial charge in [-0.2, -0.15) is 0 Å². The van der Waals surface area contributed by atoms with E-state index in [9.17, 15) is 22.8 Å². The van der Waals surface area contributed by atoms with Crippen molar-refractivity contribution in [1.29, 1.82) is 0 Å². The number of alkyl halides is 2. The first kappa shape index (κ1) is 26.1. The number of amides is 2. The van der Waals surface area contributed by atoms with E-state index in [0.29, 0.717) is 42.7 Å². The van der Waals surface area contributed by atoms with E-state index in [4.69, 9.17) is 0 Å². The summed E-state index contributed by atoms with van der Waals surface area (Å²) in [6.07, 6.45) is 10.5. The molecule has 0 saturated carbocycles. The maximum atomic E-state index is 14.9. The molecule has 0 aromatic heterocycles. The normalized spacial score (nSPS) is 24.5. The van der Waals surface area contributed by atoms with Gasteiger partial charge in [0.2, 0.25) is 6.41 Å². The average Bonchev–Trinajstić information content (AvgIpc) is 3.29. The Balaban J connectivity index is 1.50. The van der Waals surface area contributed by atoms with E-state index in [2.05, 4.69) is 0 Å². The lowest BCUT2D eigenvalue weighted by Crippen LogP contribution is -2.60. The Labute approximate surface area is 221 Å². The fourth-order valence-electron chi connectivity index (χ4n) is 6.09. The van der Waals surface area contributed by atoms with Crippen LogP contribution in [0.2, 0.25) is 0 Å². The Morgan fingerprint density at radius 1 is 1.13 bits per heavy atom. The van der Waals surface area contributed by atoms with Crippen LogP contribution in [0, 0.1) is 18.7 Å². The lowest BCUT2D eigenvalue weighted by Gasteiger charge is -2.48. The average molecular weight is 524 g/mol. The molecule has 2 aliphatic heterocycles. The summed E-state index contributed by atoms with van der Waals surface area (Å²) in [4.78, 5) is 31.4. The smallest absolute Gasteiger partial charge is 0.266 e. The number of carbonyl (C=O) groups is 2. The van der Waals surface area contributed by atoms with Crippen LogP contribution in [-0.2, 0) is 4.79 Å². The van der Waals surface area contributed by atoms with Crippen LogP contribution in [0.3, 0.4) is 0 Å². The molecule has 0 radical (unpaired) electrons. The molecule has 0 spiro atoms. The maximum absolute atomic E-state index is 14.9. The van der Waals surface area contributed by atoms with Gasteiger partial charge < -0.3 is 14.7 Å². The Hall–Kier alpha value is -3.55. The van der Waals surface area contributed by atoms with Gasteiger partial charge in [0.05, 0.1) is 24.2 Å². The molecule has 0 bridgehead atoms. The number of likely N-dealkylation sites (tertiary alicyclic amines) is 1. The number of hydrogen-bond acceptors (Lipinski definition) is 3. The molecule has 2 heterocycles. The number of nitrogens with zero attached hydrogens (tertiary/aromatic N) is 3. The van der Waals surface area contributed by atoms with Crippen LogP contribution in [0.25, 0.3) is 0 Å². The number of rotatable bonds is 6. The number of benzene rings is 2. The van der Waals surface area contributed by atoms with Crippen LogP contribution >= 0.6 is 0 Å². The number of anilines is 2. The van der Waals surface area contributed by atoms with Gasteiger partial charge in [0.25, 0.3) is 11.8 Å². The van der Waals surface area contributed by atoms with Gasteiger partial charge in [0.15, 0.2) is 0 Å². The zero-order valence-corrected chi connectivity index (χ0v) is 21.4.